The van der Waals surface area contributed by atoms with Crippen LogP contribution in [0, 0.1) is 11.3 Å². The first kappa shape index (κ1) is 15.6. The van der Waals surface area contributed by atoms with Crippen LogP contribution in [-0.2, 0) is 9.84 Å². The van der Waals surface area contributed by atoms with Gasteiger partial charge in [-0.05, 0) is 37.0 Å². The highest BCUT2D eigenvalue weighted by atomic mass is 32.2. The second-order valence-electron chi connectivity index (χ2n) is 6.88. The molecule has 1 saturated carbocycles. The van der Waals surface area contributed by atoms with E-state index in [-0.39, 0.29) is 29.0 Å². The monoisotopic (exact) mass is 302 g/mol. The molecule has 0 radical (unpaired) electrons. The SMILES string of the molecule is CC(C)CC1(CNC(=O)N[C@@H]2CCS(=O)(=O)C2)CCC1. The van der Waals surface area contributed by atoms with Crippen molar-refractivity contribution < 1.29 is 13.2 Å². The normalized spacial score (nSPS) is 27.1. The molecule has 2 aliphatic rings. The van der Waals surface area contributed by atoms with Crippen LogP contribution in [0.3, 0.4) is 0 Å². The molecule has 1 aliphatic carbocycles. The lowest BCUT2D eigenvalue weighted by Crippen LogP contribution is -2.48. The fraction of sp³-hybridized carbons (Fsp3) is 0.929. The second kappa shape index (κ2) is 5.92. The Morgan fingerprint density at radius 3 is 2.50 bits per heavy atom. The van der Waals surface area contributed by atoms with Gasteiger partial charge in [0.25, 0.3) is 0 Å². The summed E-state index contributed by atoms with van der Waals surface area (Å²) in [5.74, 6) is 0.910. The van der Waals surface area contributed by atoms with Gasteiger partial charge < -0.3 is 10.6 Å². The quantitative estimate of drug-likeness (QED) is 0.811. The van der Waals surface area contributed by atoms with Crippen LogP contribution >= 0.6 is 0 Å². The molecule has 20 heavy (non-hydrogen) atoms. The number of hydrogen-bond donors (Lipinski definition) is 2. The summed E-state index contributed by atoms with van der Waals surface area (Å²) in [5.41, 5.74) is 0.271. The molecule has 1 aliphatic heterocycles. The third-order valence-electron chi connectivity index (χ3n) is 4.45. The lowest BCUT2D eigenvalue weighted by Gasteiger charge is -2.43. The van der Waals surface area contributed by atoms with E-state index in [1.54, 1.807) is 0 Å². The zero-order chi connectivity index (χ0) is 14.8. The molecule has 2 rings (SSSR count). The number of hydrogen-bond acceptors (Lipinski definition) is 3. The number of nitrogens with one attached hydrogen (secondary N) is 2. The van der Waals surface area contributed by atoms with Gasteiger partial charge in [0, 0.05) is 12.6 Å². The van der Waals surface area contributed by atoms with Gasteiger partial charge in [0.15, 0.2) is 9.84 Å². The van der Waals surface area contributed by atoms with Crippen molar-refractivity contribution in [3.05, 3.63) is 0 Å². The summed E-state index contributed by atoms with van der Waals surface area (Å²) < 4.78 is 22.7. The number of carbonyl (C=O) groups is 1. The predicted octanol–water partition coefficient (Wildman–Crippen LogP) is 1.69. The van der Waals surface area contributed by atoms with E-state index in [9.17, 15) is 13.2 Å². The summed E-state index contributed by atoms with van der Waals surface area (Å²) in [6.45, 7) is 5.13. The van der Waals surface area contributed by atoms with E-state index in [0.717, 1.165) is 6.42 Å². The van der Waals surface area contributed by atoms with Gasteiger partial charge in [-0.3, -0.25) is 0 Å². The fourth-order valence-electron chi connectivity index (χ4n) is 3.41. The molecule has 0 unspecified atom stereocenters. The Morgan fingerprint density at radius 2 is 2.05 bits per heavy atom. The molecule has 116 valence electrons. The van der Waals surface area contributed by atoms with E-state index in [1.165, 1.54) is 19.3 Å². The van der Waals surface area contributed by atoms with Crippen molar-refractivity contribution in [2.24, 2.45) is 11.3 Å². The molecular weight excluding hydrogens is 276 g/mol. The van der Waals surface area contributed by atoms with Crippen molar-refractivity contribution in [3.8, 4) is 0 Å². The maximum absolute atomic E-state index is 11.9. The van der Waals surface area contributed by atoms with Gasteiger partial charge in [-0.1, -0.05) is 20.3 Å². The molecule has 1 heterocycles. The molecule has 0 aromatic rings. The predicted molar refractivity (Wildman–Crippen MR) is 79.3 cm³/mol. The van der Waals surface area contributed by atoms with E-state index in [0.29, 0.717) is 18.9 Å². The standard InChI is InChI=1S/C14H26N2O3S/c1-11(2)8-14(5-3-6-14)10-15-13(17)16-12-4-7-20(18,19)9-12/h11-12H,3-10H2,1-2H3,(H2,15,16,17)/t12-/m1/s1. The zero-order valence-corrected chi connectivity index (χ0v) is 13.3. The minimum Gasteiger partial charge on any atom is -0.338 e. The molecule has 6 heteroatoms. The summed E-state index contributed by atoms with van der Waals surface area (Å²) in [5, 5.41) is 5.72. The molecular formula is C14H26N2O3S. The van der Waals surface area contributed by atoms with Gasteiger partial charge in [0.1, 0.15) is 0 Å². The third kappa shape index (κ3) is 4.11. The van der Waals surface area contributed by atoms with Crippen molar-refractivity contribution in [2.75, 3.05) is 18.1 Å². The van der Waals surface area contributed by atoms with E-state index < -0.39 is 9.84 Å². The van der Waals surface area contributed by atoms with E-state index >= 15 is 0 Å². The van der Waals surface area contributed by atoms with Gasteiger partial charge in [-0.2, -0.15) is 0 Å². The molecule has 0 bridgehead atoms. The molecule has 0 aromatic heterocycles. The Kier molecular flexibility index (Phi) is 4.62. The molecule has 0 spiro atoms. The average molecular weight is 302 g/mol. The van der Waals surface area contributed by atoms with Crippen molar-refractivity contribution in [2.45, 2.75) is 52.0 Å². The topological polar surface area (TPSA) is 75.3 Å². The molecule has 5 nitrogen and oxygen atoms in total. The molecule has 2 fully saturated rings. The molecule has 1 saturated heterocycles. The van der Waals surface area contributed by atoms with Crippen molar-refractivity contribution in [1.29, 1.82) is 0 Å². The summed E-state index contributed by atoms with van der Waals surface area (Å²) >= 11 is 0. The zero-order valence-electron chi connectivity index (χ0n) is 12.4. The van der Waals surface area contributed by atoms with Crippen LogP contribution < -0.4 is 10.6 Å². The van der Waals surface area contributed by atoms with Gasteiger partial charge >= 0.3 is 6.03 Å². The van der Waals surface area contributed by atoms with Crippen molar-refractivity contribution in [1.82, 2.24) is 10.6 Å². The first-order valence-electron chi connectivity index (χ1n) is 7.55. The van der Waals surface area contributed by atoms with Crippen LogP contribution in [0.5, 0.6) is 0 Å². The smallest absolute Gasteiger partial charge is 0.315 e. The van der Waals surface area contributed by atoms with Crippen LogP contribution in [0.2, 0.25) is 0 Å². The Labute approximate surface area is 121 Å². The molecule has 0 aromatic carbocycles. The highest BCUT2D eigenvalue weighted by Gasteiger charge is 2.37. The second-order valence-corrected chi connectivity index (χ2v) is 9.11. The van der Waals surface area contributed by atoms with Gasteiger partial charge in [-0.25, -0.2) is 13.2 Å². The lowest BCUT2D eigenvalue weighted by molar-refractivity contribution is 0.101. The van der Waals surface area contributed by atoms with Gasteiger partial charge in [0.05, 0.1) is 11.5 Å². The number of urea groups is 1. The fourth-order valence-corrected chi connectivity index (χ4v) is 5.08. The van der Waals surface area contributed by atoms with Crippen LogP contribution in [0.15, 0.2) is 0 Å². The number of carbonyl (C=O) groups excluding carboxylic acids is 1. The molecule has 2 N–H and O–H groups in total. The number of rotatable bonds is 5. The van der Waals surface area contributed by atoms with Crippen LogP contribution in [0.25, 0.3) is 0 Å². The first-order chi connectivity index (χ1) is 9.30. The minimum atomic E-state index is -2.94. The van der Waals surface area contributed by atoms with Crippen LogP contribution in [-0.4, -0.2) is 38.5 Å². The van der Waals surface area contributed by atoms with Crippen molar-refractivity contribution >= 4 is 15.9 Å². The van der Waals surface area contributed by atoms with E-state index in [4.69, 9.17) is 0 Å². The number of amides is 2. The minimum absolute atomic E-state index is 0.0809. The Morgan fingerprint density at radius 1 is 1.35 bits per heavy atom. The Bertz CT molecular complexity index is 455. The summed E-state index contributed by atoms with van der Waals surface area (Å²) in [6.07, 6.45) is 5.29. The van der Waals surface area contributed by atoms with Gasteiger partial charge in [-0.15, -0.1) is 0 Å². The maximum Gasteiger partial charge on any atom is 0.315 e. The molecule has 2 amide bonds. The summed E-state index contributed by atoms with van der Waals surface area (Å²) in [4.78, 5) is 11.9. The van der Waals surface area contributed by atoms with Crippen LogP contribution in [0.1, 0.15) is 46.0 Å². The first-order valence-corrected chi connectivity index (χ1v) is 9.37. The summed E-state index contributed by atoms with van der Waals surface area (Å²) in [6, 6.07) is -0.440. The Hall–Kier alpha value is -0.780. The Balaban J connectivity index is 1.75. The third-order valence-corrected chi connectivity index (χ3v) is 6.22. The van der Waals surface area contributed by atoms with Crippen molar-refractivity contribution in [3.63, 3.8) is 0 Å². The number of sulfone groups is 1. The average Bonchev–Trinajstić information content (AvgIpc) is 2.61. The van der Waals surface area contributed by atoms with E-state index in [1.807, 2.05) is 0 Å². The maximum atomic E-state index is 11.9. The lowest BCUT2D eigenvalue weighted by atomic mass is 9.64. The molecule has 1 atom stereocenters. The van der Waals surface area contributed by atoms with Gasteiger partial charge in [0.2, 0.25) is 0 Å². The largest absolute Gasteiger partial charge is 0.338 e. The van der Waals surface area contributed by atoms with Crippen LogP contribution in [0.4, 0.5) is 4.79 Å². The highest BCUT2D eigenvalue weighted by Crippen LogP contribution is 2.45. The summed E-state index contributed by atoms with van der Waals surface area (Å²) in [7, 11) is -2.94. The van der Waals surface area contributed by atoms with E-state index in [2.05, 4.69) is 24.5 Å². The highest BCUT2D eigenvalue weighted by molar-refractivity contribution is 7.91.